The van der Waals surface area contributed by atoms with Gasteiger partial charge in [0.25, 0.3) is 0 Å². The highest BCUT2D eigenvalue weighted by Crippen LogP contribution is 2.45. The quantitative estimate of drug-likeness (QED) is 0.701. The molecule has 5 rings (SSSR count). The second-order valence-electron chi connectivity index (χ2n) is 8.02. The van der Waals surface area contributed by atoms with Gasteiger partial charge in [0, 0.05) is 49.8 Å². The van der Waals surface area contributed by atoms with Crippen LogP contribution in [0.3, 0.4) is 0 Å². The summed E-state index contributed by atoms with van der Waals surface area (Å²) in [5.41, 5.74) is 3.98. The average Bonchev–Trinajstić information content (AvgIpc) is 3.49. The third kappa shape index (κ3) is 3.46. The van der Waals surface area contributed by atoms with E-state index in [0.717, 1.165) is 24.5 Å². The third-order valence-corrected chi connectivity index (χ3v) is 6.11. The predicted molar refractivity (Wildman–Crippen MR) is 103 cm³/mol. The number of nitrogens with zero attached hydrogens (tertiary/aromatic N) is 3. The molecular formula is C22H27N3O2. The van der Waals surface area contributed by atoms with Crippen molar-refractivity contribution in [3.63, 3.8) is 0 Å². The Labute approximate surface area is 160 Å². The number of benzene rings is 1. The summed E-state index contributed by atoms with van der Waals surface area (Å²) < 4.78 is 10.8. The molecule has 0 unspecified atom stereocenters. The SMILES string of the molecule is COCCOc1cccc(CN2[C@H]3CC[C@@H]2c2cnc(C4CC4)nc2C3)c1. The molecule has 0 radical (unpaired) electrons. The van der Waals surface area contributed by atoms with Gasteiger partial charge in [-0.3, -0.25) is 4.90 Å². The summed E-state index contributed by atoms with van der Waals surface area (Å²) in [5, 5.41) is 0. The first kappa shape index (κ1) is 17.1. The number of rotatable bonds is 7. The third-order valence-electron chi connectivity index (χ3n) is 6.11. The van der Waals surface area contributed by atoms with Gasteiger partial charge in [0.05, 0.1) is 12.3 Å². The maximum Gasteiger partial charge on any atom is 0.131 e. The van der Waals surface area contributed by atoms with Crippen LogP contribution in [0.15, 0.2) is 30.5 Å². The molecule has 0 spiro atoms. The topological polar surface area (TPSA) is 47.5 Å². The van der Waals surface area contributed by atoms with Crippen molar-refractivity contribution in [3.05, 3.63) is 53.1 Å². The van der Waals surface area contributed by atoms with Gasteiger partial charge in [0.1, 0.15) is 18.2 Å². The molecule has 142 valence electrons. The van der Waals surface area contributed by atoms with Crippen molar-refractivity contribution in [1.82, 2.24) is 14.9 Å². The molecule has 1 aromatic heterocycles. The van der Waals surface area contributed by atoms with Crippen LogP contribution in [0.2, 0.25) is 0 Å². The molecule has 1 saturated carbocycles. The minimum atomic E-state index is 0.463. The lowest BCUT2D eigenvalue weighted by molar-refractivity contribution is 0.146. The zero-order valence-electron chi connectivity index (χ0n) is 15.9. The molecular weight excluding hydrogens is 338 g/mol. The lowest BCUT2D eigenvalue weighted by Gasteiger charge is -2.35. The van der Waals surface area contributed by atoms with Crippen LogP contribution in [0.1, 0.15) is 60.3 Å². The number of methoxy groups -OCH3 is 1. The highest BCUT2D eigenvalue weighted by Gasteiger charge is 2.41. The molecule has 2 fully saturated rings. The lowest BCUT2D eigenvalue weighted by Crippen LogP contribution is -2.37. The standard InChI is InChI=1S/C22H27N3O2/c1-26-9-10-27-18-4-2-3-15(11-18)14-25-17-7-8-21(25)19-13-23-22(16-5-6-16)24-20(19)12-17/h2-4,11,13,16-17,21H,5-10,12,14H2,1H3/t17-,21+/m0/s1. The van der Waals surface area contributed by atoms with Gasteiger partial charge in [-0.05, 0) is 43.4 Å². The average molecular weight is 365 g/mol. The predicted octanol–water partition coefficient (Wildman–Crippen LogP) is 3.64. The Morgan fingerprint density at radius 3 is 2.93 bits per heavy atom. The largest absolute Gasteiger partial charge is 0.491 e. The Bertz CT molecular complexity index is 821. The first-order chi connectivity index (χ1) is 13.3. The smallest absolute Gasteiger partial charge is 0.131 e. The molecule has 1 saturated heterocycles. The van der Waals surface area contributed by atoms with Gasteiger partial charge in [-0.25, -0.2) is 9.97 Å². The second kappa shape index (κ2) is 7.21. The van der Waals surface area contributed by atoms with Gasteiger partial charge in [-0.2, -0.15) is 0 Å². The van der Waals surface area contributed by atoms with Crippen molar-refractivity contribution in [2.45, 2.75) is 56.7 Å². The zero-order valence-corrected chi connectivity index (χ0v) is 15.9. The van der Waals surface area contributed by atoms with Crippen LogP contribution in [0.25, 0.3) is 0 Å². The molecule has 0 amide bonds. The van der Waals surface area contributed by atoms with Crippen molar-refractivity contribution >= 4 is 0 Å². The van der Waals surface area contributed by atoms with Gasteiger partial charge >= 0.3 is 0 Å². The Balaban J connectivity index is 1.32. The molecule has 3 heterocycles. The second-order valence-corrected chi connectivity index (χ2v) is 8.02. The van der Waals surface area contributed by atoms with Crippen LogP contribution in [-0.4, -0.2) is 41.2 Å². The van der Waals surface area contributed by atoms with E-state index in [2.05, 4.69) is 29.3 Å². The molecule has 1 aromatic carbocycles. The van der Waals surface area contributed by atoms with E-state index in [1.807, 2.05) is 6.07 Å². The lowest BCUT2D eigenvalue weighted by atomic mass is 9.98. The first-order valence-corrected chi connectivity index (χ1v) is 10.1. The van der Waals surface area contributed by atoms with Crippen LogP contribution in [0.4, 0.5) is 0 Å². The summed E-state index contributed by atoms with van der Waals surface area (Å²) >= 11 is 0. The molecule has 2 atom stereocenters. The van der Waals surface area contributed by atoms with Crippen LogP contribution in [-0.2, 0) is 17.7 Å². The van der Waals surface area contributed by atoms with Crippen molar-refractivity contribution in [2.75, 3.05) is 20.3 Å². The van der Waals surface area contributed by atoms with E-state index in [9.17, 15) is 0 Å². The molecule has 27 heavy (non-hydrogen) atoms. The van der Waals surface area contributed by atoms with E-state index in [4.69, 9.17) is 19.4 Å². The minimum absolute atomic E-state index is 0.463. The molecule has 2 aromatic rings. The van der Waals surface area contributed by atoms with Gasteiger partial charge in [-0.15, -0.1) is 0 Å². The fourth-order valence-corrected chi connectivity index (χ4v) is 4.56. The number of aromatic nitrogens is 2. The van der Waals surface area contributed by atoms with Crippen LogP contribution < -0.4 is 4.74 Å². The maximum atomic E-state index is 5.78. The number of hydrogen-bond acceptors (Lipinski definition) is 5. The Hall–Kier alpha value is -1.98. The summed E-state index contributed by atoms with van der Waals surface area (Å²) in [6.45, 7) is 2.16. The van der Waals surface area contributed by atoms with Crippen molar-refractivity contribution in [3.8, 4) is 5.75 Å². The maximum absolute atomic E-state index is 5.78. The molecule has 1 aliphatic carbocycles. The molecule has 3 aliphatic rings. The molecule has 2 aliphatic heterocycles. The van der Waals surface area contributed by atoms with Crippen LogP contribution in [0.5, 0.6) is 5.75 Å². The van der Waals surface area contributed by atoms with E-state index in [0.29, 0.717) is 31.2 Å². The fraction of sp³-hybridized carbons (Fsp3) is 0.545. The summed E-state index contributed by atoms with van der Waals surface area (Å²) in [5.74, 6) is 2.64. The summed E-state index contributed by atoms with van der Waals surface area (Å²) in [7, 11) is 1.70. The van der Waals surface area contributed by atoms with Gasteiger partial charge in [0.2, 0.25) is 0 Å². The van der Waals surface area contributed by atoms with Gasteiger partial charge in [0.15, 0.2) is 0 Å². The van der Waals surface area contributed by atoms with Crippen LogP contribution in [0, 0.1) is 0 Å². The van der Waals surface area contributed by atoms with Crippen molar-refractivity contribution in [2.24, 2.45) is 0 Å². The molecule has 0 N–H and O–H groups in total. The Morgan fingerprint density at radius 1 is 1.15 bits per heavy atom. The Kier molecular flexibility index (Phi) is 4.58. The van der Waals surface area contributed by atoms with Crippen LogP contribution >= 0.6 is 0 Å². The monoisotopic (exact) mass is 365 g/mol. The molecule has 5 nitrogen and oxygen atoms in total. The molecule has 5 heteroatoms. The number of ether oxygens (including phenoxy) is 2. The minimum Gasteiger partial charge on any atom is -0.491 e. The summed E-state index contributed by atoms with van der Waals surface area (Å²) in [6, 6.07) is 9.53. The first-order valence-electron chi connectivity index (χ1n) is 10.1. The fourth-order valence-electron chi connectivity index (χ4n) is 4.56. The van der Waals surface area contributed by atoms with Gasteiger partial charge < -0.3 is 9.47 Å². The van der Waals surface area contributed by atoms with E-state index in [-0.39, 0.29) is 0 Å². The van der Waals surface area contributed by atoms with E-state index in [1.165, 1.54) is 42.5 Å². The highest BCUT2D eigenvalue weighted by atomic mass is 16.5. The van der Waals surface area contributed by atoms with Crippen molar-refractivity contribution in [1.29, 1.82) is 0 Å². The summed E-state index contributed by atoms with van der Waals surface area (Å²) in [4.78, 5) is 12.3. The Morgan fingerprint density at radius 2 is 2.07 bits per heavy atom. The normalized spacial score (nSPS) is 24.0. The van der Waals surface area contributed by atoms with Crippen molar-refractivity contribution < 1.29 is 9.47 Å². The van der Waals surface area contributed by atoms with E-state index in [1.54, 1.807) is 7.11 Å². The van der Waals surface area contributed by atoms with Gasteiger partial charge in [-0.1, -0.05) is 12.1 Å². The van der Waals surface area contributed by atoms with E-state index < -0.39 is 0 Å². The molecule has 2 bridgehead atoms. The zero-order chi connectivity index (χ0) is 18.2. The number of fused-ring (bicyclic) bond motifs is 4. The summed E-state index contributed by atoms with van der Waals surface area (Å²) in [6.07, 6.45) is 8.19. The highest BCUT2D eigenvalue weighted by molar-refractivity contribution is 5.32. The van der Waals surface area contributed by atoms with E-state index >= 15 is 0 Å². The number of hydrogen-bond donors (Lipinski definition) is 0.